The standard InChI is InChI=1S/C14H22BrNO3S/c1-5-14(4,6-2)16-20(18,19)13-8-11(9-17)7-12(15)10(13)3/h7-8,16-17H,5-6,9H2,1-4H3. The maximum atomic E-state index is 12.6. The summed E-state index contributed by atoms with van der Waals surface area (Å²) in [6.07, 6.45) is 1.42. The van der Waals surface area contributed by atoms with Crippen LogP contribution in [0.5, 0.6) is 0 Å². The van der Waals surface area contributed by atoms with Gasteiger partial charge in [0.1, 0.15) is 0 Å². The van der Waals surface area contributed by atoms with E-state index in [1.165, 1.54) is 6.07 Å². The Labute approximate surface area is 129 Å². The first-order chi connectivity index (χ1) is 9.19. The fraction of sp³-hybridized carbons (Fsp3) is 0.571. The van der Waals surface area contributed by atoms with Crippen LogP contribution in [0.2, 0.25) is 0 Å². The lowest BCUT2D eigenvalue weighted by Gasteiger charge is -2.28. The lowest BCUT2D eigenvalue weighted by Crippen LogP contribution is -2.45. The van der Waals surface area contributed by atoms with Crippen LogP contribution in [0.4, 0.5) is 0 Å². The minimum absolute atomic E-state index is 0.194. The molecule has 0 aliphatic rings. The molecule has 1 rings (SSSR count). The van der Waals surface area contributed by atoms with Gasteiger partial charge in [-0.15, -0.1) is 0 Å². The van der Waals surface area contributed by atoms with Gasteiger partial charge in [0.25, 0.3) is 0 Å². The highest BCUT2D eigenvalue weighted by Crippen LogP contribution is 2.27. The Morgan fingerprint density at radius 2 is 1.85 bits per heavy atom. The largest absolute Gasteiger partial charge is 0.392 e. The second-order valence-electron chi connectivity index (χ2n) is 5.23. The van der Waals surface area contributed by atoms with Crippen LogP contribution in [0.3, 0.4) is 0 Å². The number of hydrogen-bond donors (Lipinski definition) is 2. The van der Waals surface area contributed by atoms with Crippen LogP contribution in [0, 0.1) is 6.92 Å². The minimum Gasteiger partial charge on any atom is -0.392 e. The molecule has 0 fully saturated rings. The van der Waals surface area contributed by atoms with Gasteiger partial charge in [-0.1, -0.05) is 29.8 Å². The summed E-state index contributed by atoms with van der Waals surface area (Å²) >= 11 is 3.34. The van der Waals surface area contributed by atoms with Gasteiger partial charge >= 0.3 is 0 Å². The Kier molecular flexibility index (Phi) is 5.78. The molecule has 0 bridgehead atoms. The number of sulfonamides is 1. The summed E-state index contributed by atoms with van der Waals surface area (Å²) in [5.74, 6) is 0. The number of rotatable bonds is 6. The molecule has 0 saturated heterocycles. The third kappa shape index (κ3) is 3.81. The molecular formula is C14H22BrNO3S. The molecule has 20 heavy (non-hydrogen) atoms. The molecule has 0 saturated carbocycles. The lowest BCUT2D eigenvalue weighted by molar-refractivity contribution is 0.281. The van der Waals surface area contributed by atoms with Crippen molar-refractivity contribution in [2.75, 3.05) is 0 Å². The van der Waals surface area contributed by atoms with Crippen molar-refractivity contribution >= 4 is 26.0 Å². The van der Waals surface area contributed by atoms with Gasteiger partial charge < -0.3 is 5.11 Å². The van der Waals surface area contributed by atoms with E-state index in [0.29, 0.717) is 28.4 Å². The van der Waals surface area contributed by atoms with Crippen molar-refractivity contribution in [2.45, 2.75) is 57.6 Å². The second-order valence-corrected chi connectivity index (χ2v) is 7.74. The first-order valence-corrected chi connectivity index (χ1v) is 8.90. The first kappa shape index (κ1) is 17.6. The zero-order valence-electron chi connectivity index (χ0n) is 12.3. The Morgan fingerprint density at radius 3 is 2.30 bits per heavy atom. The number of aliphatic hydroxyl groups excluding tert-OH is 1. The predicted molar refractivity (Wildman–Crippen MR) is 84.1 cm³/mol. The molecule has 6 heteroatoms. The van der Waals surface area contributed by atoms with Crippen molar-refractivity contribution in [3.8, 4) is 0 Å². The molecule has 1 aromatic carbocycles. The van der Waals surface area contributed by atoms with Crippen LogP contribution < -0.4 is 4.72 Å². The second kappa shape index (κ2) is 6.56. The first-order valence-electron chi connectivity index (χ1n) is 6.63. The fourth-order valence-electron chi connectivity index (χ4n) is 1.85. The van der Waals surface area contributed by atoms with Crippen molar-refractivity contribution in [1.29, 1.82) is 0 Å². The van der Waals surface area contributed by atoms with Gasteiger partial charge in [-0.25, -0.2) is 13.1 Å². The number of benzene rings is 1. The SMILES string of the molecule is CCC(C)(CC)NS(=O)(=O)c1cc(CO)cc(Br)c1C. The molecule has 114 valence electrons. The molecule has 0 amide bonds. The zero-order chi connectivity index (χ0) is 15.6. The lowest BCUT2D eigenvalue weighted by atomic mass is 9.98. The van der Waals surface area contributed by atoms with Gasteiger partial charge in [0.15, 0.2) is 0 Å². The summed E-state index contributed by atoms with van der Waals surface area (Å²) in [7, 11) is -3.62. The number of hydrogen-bond acceptors (Lipinski definition) is 3. The van der Waals surface area contributed by atoms with Gasteiger partial charge in [-0.3, -0.25) is 0 Å². The number of nitrogens with one attached hydrogen (secondary N) is 1. The van der Waals surface area contributed by atoms with Gasteiger partial charge in [0.2, 0.25) is 10.0 Å². The molecule has 0 heterocycles. The Bertz CT molecular complexity index is 580. The van der Waals surface area contributed by atoms with Crippen LogP contribution in [0.15, 0.2) is 21.5 Å². The molecule has 0 aliphatic carbocycles. The third-order valence-corrected chi connectivity index (χ3v) is 6.36. The van der Waals surface area contributed by atoms with E-state index in [1.807, 2.05) is 20.8 Å². The Morgan fingerprint density at radius 1 is 1.30 bits per heavy atom. The van der Waals surface area contributed by atoms with Crippen molar-refractivity contribution in [2.24, 2.45) is 0 Å². The summed E-state index contributed by atoms with van der Waals surface area (Å²) < 4.78 is 28.6. The van der Waals surface area contributed by atoms with Crippen LogP contribution >= 0.6 is 15.9 Å². The molecule has 2 N–H and O–H groups in total. The van der Waals surface area contributed by atoms with E-state index in [-0.39, 0.29) is 11.5 Å². The van der Waals surface area contributed by atoms with Gasteiger partial charge in [-0.2, -0.15) is 0 Å². The van der Waals surface area contributed by atoms with E-state index in [2.05, 4.69) is 20.7 Å². The van der Waals surface area contributed by atoms with Crippen molar-refractivity contribution in [3.05, 3.63) is 27.7 Å². The zero-order valence-corrected chi connectivity index (χ0v) is 14.7. The summed E-state index contributed by atoms with van der Waals surface area (Å²) in [5, 5.41) is 9.23. The monoisotopic (exact) mass is 363 g/mol. The molecule has 0 radical (unpaired) electrons. The Balaban J connectivity index is 3.32. The smallest absolute Gasteiger partial charge is 0.241 e. The normalized spacial score (nSPS) is 12.7. The highest BCUT2D eigenvalue weighted by molar-refractivity contribution is 9.10. The molecule has 0 aliphatic heterocycles. The highest BCUT2D eigenvalue weighted by atomic mass is 79.9. The molecule has 0 spiro atoms. The summed E-state index contributed by atoms with van der Waals surface area (Å²) in [4.78, 5) is 0.212. The van der Waals surface area contributed by atoms with E-state index in [4.69, 9.17) is 0 Å². The molecule has 0 unspecified atom stereocenters. The number of halogens is 1. The van der Waals surface area contributed by atoms with Crippen molar-refractivity contribution in [3.63, 3.8) is 0 Å². The molecule has 0 aromatic heterocycles. The predicted octanol–water partition coefficient (Wildman–Crippen LogP) is 3.11. The molecule has 4 nitrogen and oxygen atoms in total. The van der Waals surface area contributed by atoms with E-state index in [9.17, 15) is 13.5 Å². The van der Waals surface area contributed by atoms with Crippen molar-refractivity contribution < 1.29 is 13.5 Å². The van der Waals surface area contributed by atoms with Crippen LogP contribution in [0.25, 0.3) is 0 Å². The molecular weight excluding hydrogens is 342 g/mol. The van der Waals surface area contributed by atoms with Crippen LogP contribution in [0.1, 0.15) is 44.7 Å². The molecule has 0 atom stereocenters. The van der Waals surface area contributed by atoms with E-state index >= 15 is 0 Å². The quantitative estimate of drug-likeness (QED) is 0.815. The third-order valence-electron chi connectivity index (χ3n) is 3.77. The highest BCUT2D eigenvalue weighted by Gasteiger charge is 2.29. The number of aliphatic hydroxyl groups is 1. The summed E-state index contributed by atoms with van der Waals surface area (Å²) in [6, 6.07) is 3.25. The van der Waals surface area contributed by atoms with Crippen molar-refractivity contribution in [1.82, 2.24) is 4.72 Å². The van der Waals surface area contributed by atoms with Gasteiger partial charge in [0, 0.05) is 10.0 Å². The summed E-state index contributed by atoms with van der Waals surface area (Å²) in [5.41, 5.74) is 0.745. The van der Waals surface area contributed by atoms with Crippen LogP contribution in [-0.2, 0) is 16.6 Å². The maximum Gasteiger partial charge on any atom is 0.241 e. The summed E-state index contributed by atoms with van der Waals surface area (Å²) in [6.45, 7) is 7.36. The van der Waals surface area contributed by atoms with Gasteiger partial charge in [-0.05, 0) is 49.9 Å². The average molecular weight is 364 g/mol. The fourth-order valence-corrected chi connectivity index (χ4v) is 4.36. The minimum atomic E-state index is -3.62. The molecule has 1 aromatic rings. The topological polar surface area (TPSA) is 66.4 Å². The maximum absolute atomic E-state index is 12.6. The van der Waals surface area contributed by atoms with Crippen LogP contribution in [-0.4, -0.2) is 19.1 Å². The van der Waals surface area contributed by atoms with Gasteiger partial charge in [0.05, 0.1) is 11.5 Å². The average Bonchev–Trinajstić information content (AvgIpc) is 2.40. The van der Waals surface area contributed by atoms with E-state index in [0.717, 1.165) is 0 Å². The van der Waals surface area contributed by atoms with E-state index < -0.39 is 15.6 Å². The van der Waals surface area contributed by atoms with E-state index in [1.54, 1.807) is 13.0 Å². The Hall–Kier alpha value is -0.430.